The molecule has 0 saturated carbocycles. The van der Waals surface area contributed by atoms with Crippen LogP contribution < -0.4 is 0 Å². The van der Waals surface area contributed by atoms with Crippen LogP contribution in [0.3, 0.4) is 0 Å². The van der Waals surface area contributed by atoms with Crippen LogP contribution in [0.15, 0.2) is 64.8 Å². The number of rotatable bonds is 8. The van der Waals surface area contributed by atoms with Crippen molar-refractivity contribution >= 4 is 17.2 Å². The van der Waals surface area contributed by atoms with Gasteiger partial charge in [0, 0.05) is 38.2 Å². The molecular formula is C21H21N5O2S. The van der Waals surface area contributed by atoms with E-state index in [-0.39, 0.29) is 5.91 Å². The number of carbonyl (C=O) groups excluding carboxylic acids is 1. The highest BCUT2D eigenvalue weighted by Gasteiger charge is 2.14. The SMILES string of the molecule is CN(Cc1cnn(Cc2ccccc2)c1)C(=O)CCc1nc(-c2cccs2)no1. The molecule has 1 aromatic carbocycles. The van der Waals surface area contributed by atoms with Crippen LogP contribution in [-0.4, -0.2) is 37.8 Å². The number of aromatic nitrogens is 4. The summed E-state index contributed by atoms with van der Waals surface area (Å²) in [7, 11) is 1.79. The molecule has 4 rings (SSSR count). The van der Waals surface area contributed by atoms with Gasteiger partial charge in [-0.3, -0.25) is 9.48 Å². The summed E-state index contributed by atoms with van der Waals surface area (Å²) in [4.78, 5) is 19.5. The van der Waals surface area contributed by atoms with Gasteiger partial charge in [0.15, 0.2) is 0 Å². The standard InChI is InChI=1S/C21H21N5O2S/c1-25(13-17-12-22-26(15-17)14-16-6-3-2-4-7-16)20(27)10-9-19-23-21(24-28-19)18-8-5-11-29-18/h2-8,11-12,15H,9-10,13-14H2,1H3. The monoisotopic (exact) mass is 407 g/mol. The first kappa shape index (κ1) is 19.1. The number of benzene rings is 1. The topological polar surface area (TPSA) is 77.1 Å². The molecule has 29 heavy (non-hydrogen) atoms. The van der Waals surface area contributed by atoms with E-state index in [1.165, 1.54) is 5.56 Å². The second-order valence-corrected chi connectivity index (χ2v) is 7.72. The number of hydrogen-bond acceptors (Lipinski definition) is 6. The van der Waals surface area contributed by atoms with E-state index in [1.54, 1.807) is 29.5 Å². The molecular weight excluding hydrogens is 386 g/mol. The number of thiophene rings is 1. The first-order valence-corrected chi connectivity index (χ1v) is 10.2. The zero-order valence-corrected chi connectivity index (χ0v) is 16.9. The second-order valence-electron chi connectivity index (χ2n) is 6.77. The molecule has 1 amide bonds. The van der Waals surface area contributed by atoms with Gasteiger partial charge in [0.25, 0.3) is 0 Å². The summed E-state index contributed by atoms with van der Waals surface area (Å²) < 4.78 is 7.14. The summed E-state index contributed by atoms with van der Waals surface area (Å²) in [5.74, 6) is 1.07. The fourth-order valence-electron chi connectivity index (χ4n) is 2.97. The highest BCUT2D eigenvalue weighted by Crippen LogP contribution is 2.21. The minimum absolute atomic E-state index is 0.0247. The lowest BCUT2D eigenvalue weighted by Gasteiger charge is -2.15. The molecule has 0 aliphatic heterocycles. The number of nitrogens with zero attached hydrogens (tertiary/aromatic N) is 5. The number of amides is 1. The average molecular weight is 407 g/mol. The van der Waals surface area contributed by atoms with Crippen LogP contribution in [0.2, 0.25) is 0 Å². The van der Waals surface area contributed by atoms with Crippen molar-refractivity contribution < 1.29 is 9.32 Å². The first-order valence-electron chi connectivity index (χ1n) is 9.33. The van der Waals surface area contributed by atoms with Crippen molar-refractivity contribution in [3.63, 3.8) is 0 Å². The van der Waals surface area contributed by atoms with E-state index in [0.29, 0.717) is 37.6 Å². The summed E-state index contributed by atoms with van der Waals surface area (Å²) in [5.41, 5.74) is 2.18. The Bertz CT molecular complexity index is 1060. The third-order valence-electron chi connectivity index (χ3n) is 4.48. The molecule has 0 unspecified atom stereocenters. The van der Waals surface area contributed by atoms with E-state index in [4.69, 9.17) is 4.52 Å². The first-order chi connectivity index (χ1) is 14.2. The second kappa shape index (κ2) is 8.83. The Balaban J connectivity index is 1.27. The predicted molar refractivity (Wildman–Crippen MR) is 110 cm³/mol. The highest BCUT2D eigenvalue weighted by atomic mass is 32.1. The van der Waals surface area contributed by atoms with Crippen LogP contribution in [0.1, 0.15) is 23.4 Å². The van der Waals surface area contributed by atoms with Crippen molar-refractivity contribution in [2.45, 2.75) is 25.9 Å². The molecule has 3 aromatic heterocycles. The quantitative estimate of drug-likeness (QED) is 0.446. The van der Waals surface area contributed by atoms with Crippen molar-refractivity contribution in [3.05, 3.63) is 77.3 Å². The van der Waals surface area contributed by atoms with E-state index in [9.17, 15) is 4.79 Å². The van der Waals surface area contributed by atoms with Gasteiger partial charge in [0.2, 0.25) is 17.6 Å². The molecule has 0 aliphatic carbocycles. The third-order valence-corrected chi connectivity index (χ3v) is 5.35. The molecule has 7 nitrogen and oxygen atoms in total. The molecule has 148 valence electrons. The molecule has 0 atom stereocenters. The van der Waals surface area contributed by atoms with Crippen LogP contribution in [0, 0.1) is 0 Å². The van der Waals surface area contributed by atoms with Crippen LogP contribution in [-0.2, 0) is 24.3 Å². The van der Waals surface area contributed by atoms with E-state index >= 15 is 0 Å². The number of aryl methyl sites for hydroxylation is 1. The summed E-state index contributed by atoms with van der Waals surface area (Å²) >= 11 is 1.55. The fourth-order valence-corrected chi connectivity index (χ4v) is 3.62. The van der Waals surface area contributed by atoms with Crippen molar-refractivity contribution in [1.82, 2.24) is 24.8 Å². The largest absolute Gasteiger partial charge is 0.341 e. The number of hydrogen-bond donors (Lipinski definition) is 0. The zero-order valence-electron chi connectivity index (χ0n) is 16.1. The average Bonchev–Trinajstić information content (AvgIpc) is 3.49. The van der Waals surface area contributed by atoms with Crippen molar-refractivity contribution in [2.75, 3.05) is 7.05 Å². The van der Waals surface area contributed by atoms with Gasteiger partial charge >= 0.3 is 0 Å². The molecule has 3 heterocycles. The van der Waals surface area contributed by atoms with E-state index in [0.717, 1.165) is 10.4 Å². The van der Waals surface area contributed by atoms with E-state index in [2.05, 4.69) is 27.4 Å². The molecule has 8 heteroatoms. The molecule has 0 N–H and O–H groups in total. The Morgan fingerprint density at radius 3 is 2.83 bits per heavy atom. The molecule has 0 saturated heterocycles. The van der Waals surface area contributed by atoms with Gasteiger partial charge in [-0.05, 0) is 17.0 Å². The van der Waals surface area contributed by atoms with Crippen molar-refractivity contribution in [2.24, 2.45) is 0 Å². The van der Waals surface area contributed by atoms with Crippen LogP contribution in [0.4, 0.5) is 0 Å². The molecule has 0 aliphatic rings. The lowest BCUT2D eigenvalue weighted by atomic mass is 10.2. The maximum atomic E-state index is 12.5. The van der Waals surface area contributed by atoms with Gasteiger partial charge in [0.1, 0.15) is 0 Å². The van der Waals surface area contributed by atoms with Crippen LogP contribution in [0.25, 0.3) is 10.7 Å². The predicted octanol–water partition coefficient (Wildman–Crippen LogP) is 3.63. The van der Waals surface area contributed by atoms with Crippen LogP contribution in [0.5, 0.6) is 0 Å². The Hall–Kier alpha value is -3.26. The third kappa shape index (κ3) is 4.97. The van der Waals surface area contributed by atoms with Gasteiger partial charge in [0.05, 0.1) is 17.6 Å². The van der Waals surface area contributed by atoms with Crippen molar-refractivity contribution in [1.29, 1.82) is 0 Å². The van der Waals surface area contributed by atoms with Gasteiger partial charge in [-0.2, -0.15) is 10.1 Å². The summed E-state index contributed by atoms with van der Waals surface area (Å²) in [6.45, 7) is 1.22. The number of carbonyl (C=O) groups is 1. The molecule has 0 bridgehead atoms. The molecule has 0 fully saturated rings. The minimum Gasteiger partial charge on any atom is -0.341 e. The van der Waals surface area contributed by atoms with Crippen molar-refractivity contribution in [3.8, 4) is 10.7 Å². The Morgan fingerprint density at radius 2 is 2.03 bits per heavy atom. The maximum absolute atomic E-state index is 12.5. The Labute approximate surface area is 172 Å². The molecule has 4 aromatic rings. The Morgan fingerprint density at radius 1 is 1.17 bits per heavy atom. The van der Waals surface area contributed by atoms with E-state index < -0.39 is 0 Å². The van der Waals surface area contributed by atoms with Crippen LogP contribution >= 0.6 is 11.3 Å². The normalized spacial score (nSPS) is 10.9. The fraction of sp³-hybridized carbons (Fsp3) is 0.238. The highest BCUT2D eigenvalue weighted by molar-refractivity contribution is 7.13. The zero-order chi connectivity index (χ0) is 20.1. The summed E-state index contributed by atoms with van der Waals surface area (Å²) in [5, 5.41) is 10.3. The lowest BCUT2D eigenvalue weighted by molar-refractivity contribution is -0.130. The maximum Gasteiger partial charge on any atom is 0.227 e. The summed E-state index contributed by atoms with van der Waals surface area (Å²) in [6, 6.07) is 14.0. The van der Waals surface area contributed by atoms with E-state index in [1.807, 2.05) is 46.6 Å². The lowest BCUT2D eigenvalue weighted by Crippen LogP contribution is -2.26. The Kier molecular flexibility index (Phi) is 5.81. The molecule has 0 radical (unpaired) electrons. The van der Waals surface area contributed by atoms with Gasteiger partial charge in [-0.1, -0.05) is 41.6 Å². The van der Waals surface area contributed by atoms with Gasteiger partial charge in [-0.15, -0.1) is 11.3 Å². The molecule has 0 spiro atoms. The smallest absolute Gasteiger partial charge is 0.227 e. The minimum atomic E-state index is 0.0247. The van der Waals surface area contributed by atoms with Gasteiger partial charge in [-0.25, -0.2) is 0 Å². The summed E-state index contributed by atoms with van der Waals surface area (Å²) in [6.07, 6.45) is 4.52. The van der Waals surface area contributed by atoms with Gasteiger partial charge < -0.3 is 9.42 Å².